The van der Waals surface area contributed by atoms with Crippen LogP contribution in [0.1, 0.15) is 36.5 Å². The van der Waals surface area contributed by atoms with Crippen LogP contribution in [0, 0.1) is 5.92 Å². The lowest BCUT2D eigenvalue weighted by Crippen LogP contribution is -2.13. The van der Waals surface area contributed by atoms with Crippen molar-refractivity contribution < 1.29 is 0 Å². The van der Waals surface area contributed by atoms with Crippen LogP contribution in [0.2, 0.25) is 0 Å². The Kier molecular flexibility index (Phi) is 4.54. The highest BCUT2D eigenvalue weighted by atomic mass is 32.2. The van der Waals surface area contributed by atoms with Crippen molar-refractivity contribution in [1.82, 2.24) is 9.97 Å². The maximum atomic E-state index is 12.3. The number of nitrogens with zero attached hydrogens (tertiary/aromatic N) is 2. The van der Waals surface area contributed by atoms with Gasteiger partial charge in [-0.15, -0.1) is 11.3 Å². The van der Waals surface area contributed by atoms with E-state index < -0.39 is 0 Å². The van der Waals surface area contributed by atoms with E-state index in [1.165, 1.54) is 22.2 Å². The molecule has 0 saturated heterocycles. The Morgan fingerprint density at radius 3 is 3.09 bits per heavy atom. The van der Waals surface area contributed by atoms with E-state index in [1.54, 1.807) is 11.3 Å². The summed E-state index contributed by atoms with van der Waals surface area (Å²) in [4.78, 5) is 26.3. The van der Waals surface area contributed by atoms with Gasteiger partial charge in [0, 0.05) is 11.4 Å². The molecule has 0 amide bonds. The number of fused-ring (bicyclic) bond motifs is 3. The quantitative estimate of drug-likeness (QED) is 0.664. The van der Waals surface area contributed by atoms with Gasteiger partial charge in [0.2, 0.25) is 0 Å². The van der Waals surface area contributed by atoms with Crippen LogP contribution >= 0.6 is 23.1 Å². The van der Waals surface area contributed by atoms with E-state index in [1.807, 2.05) is 0 Å². The van der Waals surface area contributed by atoms with Gasteiger partial charge in [-0.1, -0.05) is 25.6 Å². The van der Waals surface area contributed by atoms with Crippen molar-refractivity contribution in [2.75, 3.05) is 6.54 Å². The van der Waals surface area contributed by atoms with Gasteiger partial charge in [0.25, 0.3) is 5.56 Å². The number of aromatic amines is 1. The highest BCUT2D eigenvalue weighted by Gasteiger charge is 2.21. The number of aromatic nitrogens is 2. The molecule has 0 atom stereocenters. The molecule has 0 radical (unpaired) electrons. The summed E-state index contributed by atoms with van der Waals surface area (Å²) in [6.07, 6.45) is 3.23. The van der Waals surface area contributed by atoms with Crippen molar-refractivity contribution >= 4 is 38.5 Å². The summed E-state index contributed by atoms with van der Waals surface area (Å²) in [5.74, 6) is 1.70. The molecule has 0 aromatic carbocycles. The predicted molar refractivity (Wildman–Crippen MR) is 94.9 cm³/mol. The minimum absolute atomic E-state index is 0.0160. The fraction of sp³-hybridized carbons (Fsp3) is 0.533. The standard InChI is InChI=1S/C15H20N4OS2/c1-8(2)6-17-15(16)21-7-11-18-13(20)12-9-4-3-5-10(9)22-14(12)19-11/h8H,3-7H2,1-2H3,(H2,16,17)(H,18,19,20). The van der Waals surface area contributed by atoms with Gasteiger partial charge in [-0.05, 0) is 30.7 Å². The molecule has 0 unspecified atom stereocenters. The molecule has 0 saturated carbocycles. The summed E-state index contributed by atoms with van der Waals surface area (Å²) in [6.45, 7) is 4.92. The van der Waals surface area contributed by atoms with Gasteiger partial charge < -0.3 is 10.7 Å². The number of hydrogen-bond donors (Lipinski definition) is 2. The lowest BCUT2D eigenvalue weighted by atomic mass is 10.2. The summed E-state index contributed by atoms with van der Waals surface area (Å²) in [5.41, 5.74) is 7.07. The van der Waals surface area contributed by atoms with Crippen molar-refractivity contribution in [2.24, 2.45) is 16.6 Å². The maximum Gasteiger partial charge on any atom is 0.259 e. The summed E-state index contributed by atoms with van der Waals surface area (Å²) in [7, 11) is 0. The van der Waals surface area contributed by atoms with Crippen molar-refractivity contribution in [3.63, 3.8) is 0 Å². The molecule has 0 fully saturated rings. The van der Waals surface area contributed by atoms with Crippen LogP contribution in [0.25, 0.3) is 10.2 Å². The van der Waals surface area contributed by atoms with Gasteiger partial charge in [0.05, 0.1) is 11.1 Å². The van der Waals surface area contributed by atoms with Gasteiger partial charge in [-0.25, -0.2) is 4.98 Å². The molecule has 7 heteroatoms. The van der Waals surface area contributed by atoms with Crippen molar-refractivity contribution in [3.8, 4) is 0 Å². The lowest BCUT2D eigenvalue weighted by Gasteiger charge is -2.03. The Balaban J connectivity index is 1.78. The Hall–Kier alpha value is -1.34. The molecule has 2 heterocycles. The Labute approximate surface area is 137 Å². The topological polar surface area (TPSA) is 84.1 Å². The Morgan fingerprint density at radius 2 is 2.32 bits per heavy atom. The Bertz CT molecular complexity index is 776. The molecule has 5 nitrogen and oxygen atoms in total. The van der Waals surface area contributed by atoms with Crippen LogP contribution in [-0.2, 0) is 18.6 Å². The van der Waals surface area contributed by atoms with E-state index in [0.717, 1.165) is 36.0 Å². The molecule has 0 spiro atoms. The summed E-state index contributed by atoms with van der Waals surface area (Å²) < 4.78 is 0. The van der Waals surface area contributed by atoms with Crippen LogP contribution in [0.5, 0.6) is 0 Å². The number of amidine groups is 1. The number of aryl methyl sites for hydroxylation is 2. The smallest absolute Gasteiger partial charge is 0.259 e. The number of aliphatic imine (C=N–C) groups is 1. The van der Waals surface area contributed by atoms with Gasteiger partial charge in [-0.3, -0.25) is 9.79 Å². The number of hydrogen-bond acceptors (Lipinski definition) is 5. The summed E-state index contributed by atoms with van der Waals surface area (Å²) in [6, 6.07) is 0. The zero-order chi connectivity index (χ0) is 15.7. The zero-order valence-corrected chi connectivity index (χ0v) is 14.4. The average molecular weight is 336 g/mol. The first kappa shape index (κ1) is 15.6. The number of thioether (sulfide) groups is 1. The normalized spacial score (nSPS) is 15.0. The molecule has 3 rings (SSSR count). The van der Waals surface area contributed by atoms with Crippen molar-refractivity contribution in [2.45, 2.75) is 38.9 Å². The van der Waals surface area contributed by atoms with Crippen LogP contribution in [0.3, 0.4) is 0 Å². The first-order chi connectivity index (χ1) is 10.5. The first-order valence-electron chi connectivity index (χ1n) is 7.50. The minimum atomic E-state index is -0.0160. The lowest BCUT2D eigenvalue weighted by molar-refractivity contribution is 0.666. The molecule has 118 valence electrons. The molecule has 2 aromatic rings. The minimum Gasteiger partial charge on any atom is -0.379 e. The summed E-state index contributed by atoms with van der Waals surface area (Å²) in [5, 5.41) is 1.35. The average Bonchev–Trinajstić information content (AvgIpc) is 3.02. The SMILES string of the molecule is CC(C)CN=C(N)SCc1nc2sc3c(c2c(=O)[nH]1)CCC3. The van der Waals surface area contributed by atoms with E-state index in [2.05, 4.69) is 28.8 Å². The first-order valence-corrected chi connectivity index (χ1v) is 9.31. The van der Waals surface area contributed by atoms with Crippen LogP contribution in [-0.4, -0.2) is 21.7 Å². The number of nitrogens with one attached hydrogen (secondary N) is 1. The van der Waals surface area contributed by atoms with E-state index >= 15 is 0 Å². The van der Waals surface area contributed by atoms with E-state index in [-0.39, 0.29) is 5.56 Å². The molecule has 0 bridgehead atoms. The third kappa shape index (κ3) is 3.20. The van der Waals surface area contributed by atoms with Gasteiger partial charge in [0.1, 0.15) is 10.7 Å². The highest BCUT2D eigenvalue weighted by molar-refractivity contribution is 8.13. The van der Waals surface area contributed by atoms with Crippen LogP contribution in [0.4, 0.5) is 0 Å². The number of thiophene rings is 1. The van der Waals surface area contributed by atoms with E-state index in [0.29, 0.717) is 22.7 Å². The molecule has 3 N–H and O–H groups in total. The summed E-state index contributed by atoms with van der Waals surface area (Å²) >= 11 is 3.08. The fourth-order valence-electron chi connectivity index (χ4n) is 2.58. The maximum absolute atomic E-state index is 12.3. The molecule has 1 aliphatic carbocycles. The van der Waals surface area contributed by atoms with Gasteiger partial charge in [-0.2, -0.15) is 0 Å². The molecule has 2 aromatic heterocycles. The molecular formula is C15H20N4OS2. The van der Waals surface area contributed by atoms with E-state index in [9.17, 15) is 4.79 Å². The Morgan fingerprint density at radius 1 is 1.50 bits per heavy atom. The largest absolute Gasteiger partial charge is 0.379 e. The van der Waals surface area contributed by atoms with Crippen LogP contribution in [0.15, 0.2) is 9.79 Å². The van der Waals surface area contributed by atoms with E-state index in [4.69, 9.17) is 5.73 Å². The zero-order valence-electron chi connectivity index (χ0n) is 12.8. The molecule has 1 aliphatic rings. The third-order valence-electron chi connectivity index (χ3n) is 3.59. The fourth-order valence-corrected chi connectivity index (χ4v) is 4.44. The number of rotatable bonds is 4. The molecule has 0 aliphatic heterocycles. The highest BCUT2D eigenvalue weighted by Crippen LogP contribution is 2.34. The van der Waals surface area contributed by atoms with Crippen molar-refractivity contribution in [1.29, 1.82) is 0 Å². The molecule has 22 heavy (non-hydrogen) atoms. The number of nitrogens with two attached hydrogens (primary N) is 1. The second-order valence-corrected chi connectivity index (χ2v) is 7.99. The predicted octanol–water partition coefficient (Wildman–Crippen LogP) is 2.68. The second kappa shape index (κ2) is 6.42. The third-order valence-corrected chi connectivity index (χ3v) is 5.62. The molecular weight excluding hydrogens is 316 g/mol. The van der Waals surface area contributed by atoms with Crippen molar-refractivity contribution in [3.05, 3.63) is 26.6 Å². The van der Waals surface area contributed by atoms with Gasteiger partial charge >= 0.3 is 0 Å². The second-order valence-electron chi connectivity index (χ2n) is 5.91. The monoisotopic (exact) mass is 336 g/mol. The number of H-pyrrole nitrogens is 1. The van der Waals surface area contributed by atoms with Gasteiger partial charge in [0.15, 0.2) is 5.17 Å². The van der Waals surface area contributed by atoms with Crippen LogP contribution < -0.4 is 11.3 Å².